The van der Waals surface area contributed by atoms with Crippen LogP contribution < -0.4 is 4.74 Å². The summed E-state index contributed by atoms with van der Waals surface area (Å²) in [6, 6.07) is 63.7. The average Bonchev–Trinajstić information content (AvgIpc) is 3.73. The Bertz CT molecular complexity index is 3110. The van der Waals surface area contributed by atoms with E-state index >= 15 is 0 Å². The zero-order valence-electron chi connectivity index (χ0n) is 30.1. The summed E-state index contributed by atoms with van der Waals surface area (Å²) < 4.78 is 28.3. The summed E-state index contributed by atoms with van der Waals surface area (Å²) in [6.07, 6.45) is 0. The Kier molecular flexibility index (Phi) is 5.88. The summed E-state index contributed by atoms with van der Waals surface area (Å²) >= 11 is 0. The largest absolute Gasteiger partial charge is 0.488 e. The van der Waals surface area contributed by atoms with Crippen LogP contribution in [0.4, 0.5) is 0 Å². The van der Waals surface area contributed by atoms with Crippen LogP contribution in [0.25, 0.3) is 88.4 Å². The standard InChI is InChI=1S/C49H32N2O/c1-3-12-32(13-4-1)33-23-26-44-42(28-33)39-25-22-35(30-47(39)50(44)37-15-5-2-6-16-37)34-24-27-45-41(29-34)38-17-7-9-19-43(38)51(45)46-20-11-14-36-31-52-48-21-10-8-18-40(48)49(36)46/h1-30H,31H2/i31D2. The third-order valence-corrected chi connectivity index (χ3v) is 10.6. The van der Waals surface area contributed by atoms with Gasteiger partial charge < -0.3 is 13.9 Å². The van der Waals surface area contributed by atoms with Crippen LogP contribution in [0.2, 0.25) is 0 Å². The van der Waals surface area contributed by atoms with Crippen LogP contribution in [0.15, 0.2) is 182 Å². The highest BCUT2D eigenvalue weighted by Crippen LogP contribution is 2.44. The minimum Gasteiger partial charge on any atom is -0.488 e. The molecular formula is C49H32N2O. The molecule has 0 aliphatic carbocycles. The minimum absolute atomic E-state index is 0.527. The maximum atomic E-state index is 8.86. The fourth-order valence-electron chi connectivity index (χ4n) is 8.24. The van der Waals surface area contributed by atoms with E-state index in [9.17, 15) is 0 Å². The summed E-state index contributed by atoms with van der Waals surface area (Å²) in [5, 5.41) is 4.72. The molecule has 3 heteroatoms. The molecule has 2 aromatic heterocycles. The number of aromatic nitrogens is 2. The number of rotatable bonds is 4. The Labute approximate surface area is 304 Å². The van der Waals surface area contributed by atoms with Crippen molar-refractivity contribution in [3.8, 4) is 50.5 Å². The highest BCUT2D eigenvalue weighted by atomic mass is 16.5. The summed E-state index contributed by atoms with van der Waals surface area (Å²) in [7, 11) is 0. The number of nitrogens with zero attached hydrogens (tertiary/aromatic N) is 2. The molecular weight excluding hydrogens is 633 g/mol. The second-order valence-corrected chi connectivity index (χ2v) is 13.5. The summed E-state index contributed by atoms with van der Waals surface area (Å²) in [5.74, 6) is 0.546. The Morgan fingerprint density at radius 2 is 1.04 bits per heavy atom. The molecule has 3 heterocycles. The van der Waals surface area contributed by atoms with Gasteiger partial charge in [0, 0.05) is 38.4 Å². The molecule has 8 aromatic carbocycles. The van der Waals surface area contributed by atoms with Crippen molar-refractivity contribution in [3.63, 3.8) is 0 Å². The van der Waals surface area contributed by atoms with Crippen LogP contribution in [0.1, 0.15) is 8.30 Å². The first kappa shape index (κ1) is 27.0. The van der Waals surface area contributed by atoms with Crippen molar-refractivity contribution in [1.29, 1.82) is 0 Å². The molecule has 52 heavy (non-hydrogen) atoms. The molecule has 1 aliphatic heterocycles. The maximum absolute atomic E-state index is 8.86. The number of hydrogen-bond acceptors (Lipinski definition) is 1. The van der Waals surface area contributed by atoms with E-state index in [1.807, 2.05) is 36.4 Å². The zero-order valence-corrected chi connectivity index (χ0v) is 28.1. The molecule has 244 valence electrons. The van der Waals surface area contributed by atoms with Gasteiger partial charge in [-0.1, -0.05) is 121 Å². The zero-order chi connectivity index (χ0) is 36.0. The molecule has 0 N–H and O–H groups in total. The molecule has 0 saturated heterocycles. The number of ether oxygens (including phenoxy) is 1. The van der Waals surface area contributed by atoms with Gasteiger partial charge in [-0.2, -0.15) is 0 Å². The van der Waals surface area contributed by atoms with Gasteiger partial charge in [-0.25, -0.2) is 0 Å². The molecule has 0 atom stereocenters. The maximum Gasteiger partial charge on any atom is 0.127 e. The second-order valence-electron chi connectivity index (χ2n) is 13.5. The van der Waals surface area contributed by atoms with Crippen molar-refractivity contribution in [3.05, 3.63) is 188 Å². The van der Waals surface area contributed by atoms with E-state index in [0.29, 0.717) is 11.3 Å². The van der Waals surface area contributed by atoms with Crippen molar-refractivity contribution < 1.29 is 7.48 Å². The van der Waals surface area contributed by atoms with Crippen LogP contribution in [0, 0.1) is 0 Å². The normalized spacial score (nSPS) is 13.8. The summed E-state index contributed by atoms with van der Waals surface area (Å²) in [5.41, 5.74) is 13.5. The van der Waals surface area contributed by atoms with Crippen LogP contribution in [-0.4, -0.2) is 9.13 Å². The van der Waals surface area contributed by atoms with Crippen molar-refractivity contribution in [2.45, 2.75) is 6.56 Å². The lowest BCUT2D eigenvalue weighted by atomic mass is 9.95. The van der Waals surface area contributed by atoms with Crippen LogP contribution >= 0.6 is 0 Å². The quantitative estimate of drug-likeness (QED) is 0.183. The van der Waals surface area contributed by atoms with Gasteiger partial charge in [0.05, 0.1) is 30.5 Å². The van der Waals surface area contributed by atoms with Gasteiger partial charge in [-0.15, -0.1) is 0 Å². The molecule has 1 aliphatic rings. The molecule has 10 aromatic rings. The first-order valence-corrected chi connectivity index (χ1v) is 17.7. The third kappa shape index (κ3) is 4.33. The SMILES string of the molecule is [2H]C1([2H])Oc2ccccc2-c2c(-n3c4ccccc4c4cc(-c5ccc6c7cc(-c8ccccc8)ccc7n(-c7ccccc7)c6c5)ccc43)cccc21. The van der Waals surface area contributed by atoms with E-state index < -0.39 is 6.56 Å². The number of benzene rings is 8. The lowest BCUT2D eigenvalue weighted by Crippen LogP contribution is -2.08. The van der Waals surface area contributed by atoms with E-state index in [2.05, 4.69) is 155 Å². The fourth-order valence-corrected chi connectivity index (χ4v) is 8.24. The van der Waals surface area contributed by atoms with Crippen LogP contribution in [0.3, 0.4) is 0 Å². The smallest absolute Gasteiger partial charge is 0.127 e. The molecule has 0 saturated carbocycles. The van der Waals surface area contributed by atoms with Crippen LogP contribution in [-0.2, 0) is 6.56 Å². The van der Waals surface area contributed by atoms with Crippen molar-refractivity contribution in [1.82, 2.24) is 9.13 Å². The molecule has 0 radical (unpaired) electrons. The highest BCUT2D eigenvalue weighted by molar-refractivity contribution is 6.13. The Hall–Kier alpha value is -6.84. The van der Waals surface area contributed by atoms with Gasteiger partial charge >= 0.3 is 0 Å². The minimum atomic E-state index is -1.96. The van der Waals surface area contributed by atoms with E-state index in [0.717, 1.165) is 61.0 Å². The number of hydrogen-bond donors (Lipinski definition) is 0. The van der Waals surface area contributed by atoms with Gasteiger partial charge in [0.1, 0.15) is 12.3 Å². The highest BCUT2D eigenvalue weighted by Gasteiger charge is 2.23. The van der Waals surface area contributed by atoms with E-state index in [1.165, 1.54) is 27.4 Å². The van der Waals surface area contributed by atoms with Crippen LogP contribution in [0.5, 0.6) is 5.75 Å². The first-order valence-electron chi connectivity index (χ1n) is 18.7. The topological polar surface area (TPSA) is 19.1 Å². The molecule has 0 unspecified atom stereocenters. The second kappa shape index (κ2) is 11.3. The lowest BCUT2D eigenvalue weighted by Gasteiger charge is -2.24. The monoisotopic (exact) mass is 666 g/mol. The molecule has 11 rings (SSSR count). The molecule has 0 fully saturated rings. The lowest BCUT2D eigenvalue weighted by molar-refractivity contribution is 0.302. The molecule has 3 nitrogen and oxygen atoms in total. The van der Waals surface area contributed by atoms with Gasteiger partial charge in [0.15, 0.2) is 0 Å². The van der Waals surface area contributed by atoms with Crippen molar-refractivity contribution in [2.24, 2.45) is 0 Å². The fraction of sp³-hybridized carbons (Fsp3) is 0.0204. The summed E-state index contributed by atoms with van der Waals surface area (Å²) in [6.45, 7) is -1.96. The van der Waals surface area contributed by atoms with E-state index in [1.54, 1.807) is 0 Å². The predicted octanol–water partition coefficient (Wildman–Crippen LogP) is 12.8. The van der Waals surface area contributed by atoms with Gasteiger partial charge in [0.25, 0.3) is 0 Å². The molecule has 0 spiro atoms. The Morgan fingerprint density at radius 3 is 1.87 bits per heavy atom. The van der Waals surface area contributed by atoms with Gasteiger partial charge in [0.2, 0.25) is 0 Å². The third-order valence-electron chi connectivity index (χ3n) is 10.6. The predicted molar refractivity (Wildman–Crippen MR) is 216 cm³/mol. The molecule has 0 bridgehead atoms. The first-order chi connectivity index (χ1) is 26.5. The van der Waals surface area contributed by atoms with Gasteiger partial charge in [-0.05, 0) is 88.5 Å². The number of fused-ring (bicyclic) bond motifs is 9. The Morgan fingerprint density at radius 1 is 0.423 bits per heavy atom. The van der Waals surface area contributed by atoms with Crippen molar-refractivity contribution in [2.75, 3.05) is 0 Å². The summed E-state index contributed by atoms with van der Waals surface area (Å²) in [4.78, 5) is 0. The molecule has 0 amide bonds. The van der Waals surface area contributed by atoms with Gasteiger partial charge in [-0.3, -0.25) is 0 Å². The van der Waals surface area contributed by atoms with E-state index in [-0.39, 0.29) is 0 Å². The van der Waals surface area contributed by atoms with E-state index in [4.69, 9.17) is 7.48 Å². The van der Waals surface area contributed by atoms with Crippen molar-refractivity contribution >= 4 is 43.6 Å². The number of para-hydroxylation sites is 3. The average molecular weight is 667 g/mol. The Balaban J connectivity index is 1.12.